The normalized spacial score (nSPS) is 10.6. The smallest absolute Gasteiger partial charge is 0.170 e. The molecule has 0 saturated heterocycles. The number of benzene rings is 1. The van der Waals surface area contributed by atoms with E-state index in [-0.39, 0.29) is 11.5 Å². The van der Waals surface area contributed by atoms with Crippen molar-refractivity contribution in [3.8, 4) is 11.4 Å². The largest absolute Gasteiger partial charge is 0.323 e. The Labute approximate surface area is 130 Å². The fourth-order valence-electron chi connectivity index (χ4n) is 2.02. The second-order valence-corrected chi connectivity index (χ2v) is 5.00. The van der Waals surface area contributed by atoms with E-state index in [0.29, 0.717) is 35.1 Å². The summed E-state index contributed by atoms with van der Waals surface area (Å²) in [6, 6.07) is 5.89. The number of rotatable bonds is 4. The summed E-state index contributed by atoms with van der Waals surface area (Å²) in [7, 11) is 0. The second-order valence-electron chi connectivity index (χ2n) is 4.56. The lowest BCUT2D eigenvalue weighted by atomic mass is 10.2. The lowest BCUT2D eigenvalue weighted by Crippen LogP contribution is -2.04. The Kier molecular flexibility index (Phi) is 3.93. The van der Waals surface area contributed by atoms with Crippen LogP contribution in [0, 0.1) is 5.82 Å². The van der Waals surface area contributed by atoms with Crippen LogP contribution in [0.15, 0.2) is 42.9 Å². The zero-order valence-electron chi connectivity index (χ0n) is 11.3. The summed E-state index contributed by atoms with van der Waals surface area (Å²) >= 11 is 5.76. The summed E-state index contributed by atoms with van der Waals surface area (Å²) in [4.78, 5) is 23.4. The van der Waals surface area contributed by atoms with Crippen LogP contribution in [0.2, 0.25) is 5.02 Å². The lowest BCUT2D eigenvalue weighted by Gasteiger charge is -2.07. The standard InChI is InChI=1S/C15H10ClFN4O/c16-11-5-18-14(19-6-11)8-21-7-13(9-22)20-15(21)10-1-3-12(17)4-2-10/h1-7,9H,8H2. The van der Waals surface area contributed by atoms with Crippen LogP contribution in [0.1, 0.15) is 16.3 Å². The van der Waals surface area contributed by atoms with Gasteiger partial charge in [-0.25, -0.2) is 19.3 Å². The zero-order valence-corrected chi connectivity index (χ0v) is 12.0. The van der Waals surface area contributed by atoms with E-state index in [0.717, 1.165) is 0 Å². The molecule has 2 aromatic heterocycles. The highest BCUT2D eigenvalue weighted by atomic mass is 35.5. The molecule has 5 nitrogen and oxygen atoms in total. The van der Waals surface area contributed by atoms with Gasteiger partial charge < -0.3 is 4.57 Å². The van der Waals surface area contributed by atoms with Crippen LogP contribution < -0.4 is 0 Å². The van der Waals surface area contributed by atoms with Gasteiger partial charge in [0, 0.05) is 24.2 Å². The zero-order chi connectivity index (χ0) is 15.5. The minimum absolute atomic E-state index is 0.285. The molecule has 0 unspecified atom stereocenters. The molecule has 110 valence electrons. The molecule has 0 atom stereocenters. The van der Waals surface area contributed by atoms with E-state index < -0.39 is 0 Å². The summed E-state index contributed by atoms with van der Waals surface area (Å²) in [5, 5.41) is 0.446. The van der Waals surface area contributed by atoms with E-state index in [4.69, 9.17) is 11.6 Å². The van der Waals surface area contributed by atoms with E-state index in [2.05, 4.69) is 15.0 Å². The Morgan fingerprint density at radius 2 is 1.86 bits per heavy atom. The number of hydrogen-bond donors (Lipinski definition) is 0. The first kappa shape index (κ1) is 14.3. The summed E-state index contributed by atoms with van der Waals surface area (Å²) in [6.07, 6.45) is 5.26. The van der Waals surface area contributed by atoms with E-state index in [1.54, 1.807) is 22.9 Å². The van der Waals surface area contributed by atoms with E-state index in [1.165, 1.54) is 24.5 Å². The average Bonchev–Trinajstić information content (AvgIpc) is 2.93. The molecule has 0 bridgehead atoms. The van der Waals surface area contributed by atoms with Gasteiger partial charge in [0.1, 0.15) is 23.2 Å². The van der Waals surface area contributed by atoms with E-state index >= 15 is 0 Å². The van der Waals surface area contributed by atoms with Gasteiger partial charge in [-0.2, -0.15) is 0 Å². The lowest BCUT2D eigenvalue weighted by molar-refractivity contribution is 0.111. The van der Waals surface area contributed by atoms with Crippen LogP contribution in [0.4, 0.5) is 4.39 Å². The van der Waals surface area contributed by atoms with Crippen LogP contribution in [0.3, 0.4) is 0 Å². The Morgan fingerprint density at radius 1 is 1.18 bits per heavy atom. The molecule has 1 aromatic carbocycles. The molecule has 0 fully saturated rings. The molecule has 0 radical (unpaired) electrons. The molecule has 22 heavy (non-hydrogen) atoms. The fraction of sp³-hybridized carbons (Fsp3) is 0.0667. The highest BCUT2D eigenvalue weighted by Crippen LogP contribution is 2.20. The maximum absolute atomic E-state index is 13.0. The van der Waals surface area contributed by atoms with Crippen molar-refractivity contribution in [3.05, 3.63) is 65.2 Å². The molecule has 0 spiro atoms. The molecule has 0 N–H and O–H groups in total. The van der Waals surface area contributed by atoms with E-state index in [9.17, 15) is 9.18 Å². The van der Waals surface area contributed by atoms with Crippen molar-refractivity contribution < 1.29 is 9.18 Å². The number of aromatic nitrogens is 4. The van der Waals surface area contributed by atoms with Crippen molar-refractivity contribution in [1.82, 2.24) is 19.5 Å². The van der Waals surface area contributed by atoms with Gasteiger partial charge in [-0.05, 0) is 24.3 Å². The Hall–Kier alpha value is -2.60. The quantitative estimate of drug-likeness (QED) is 0.694. The summed E-state index contributed by atoms with van der Waals surface area (Å²) in [6.45, 7) is 0.324. The molecule has 0 aliphatic heterocycles. The Morgan fingerprint density at radius 3 is 2.50 bits per heavy atom. The third-order valence-corrected chi connectivity index (χ3v) is 3.20. The number of aldehydes is 1. The second kappa shape index (κ2) is 6.03. The molecule has 2 heterocycles. The minimum atomic E-state index is -0.335. The molecule has 0 amide bonds. The van der Waals surface area contributed by atoms with Crippen molar-refractivity contribution in [1.29, 1.82) is 0 Å². The van der Waals surface area contributed by atoms with Crippen LogP contribution in [-0.2, 0) is 6.54 Å². The molecule has 0 saturated carbocycles. The average molecular weight is 317 g/mol. The van der Waals surface area contributed by atoms with Crippen molar-refractivity contribution in [2.24, 2.45) is 0 Å². The van der Waals surface area contributed by atoms with Crippen molar-refractivity contribution in [3.63, 3.8) is 0 Å². The molecular weight excluding hydrogens is 307 g/mol. The fourth-order valence-corrected chi connectivity index (χ4v) is 2.11. The molecular formula is C15H10ClFN4O. The summed E-state index contributed by atoms with van der Waals surface area (Å²) < 4.78 is 14.8. The van der Waals surface area contributed by atoms with Gasteiger partial charge >= 0.3 is 0 Å². The van der Waals surface area contributed by atoms with Gasteiger partial charge in [0.05, 0.1) is 11.6 Å². The number of hydrogen-bond acceptors (Lipinski definition) is 4. The van der Waals surface area contributed by atoms with Gasteiger partial charge in [-0.15, -0.1) is 0 Å². The predicted molar refractivity (Wildman–Crippen MR) is 79.2 cm³/mol. The number of carbonyl (C=O) groups is 1. The van der Waals surface area contributed by atoms with Crippen molar-refractivity contribution >= 4 is 17.9 Å². The maximum atomic E-state index is 13.0. The Balaban J connectivity index is 1.99. The SMILES string of the molecule is O=Cc1cn(Cc2ncc(Cl)cn2)c(-c2ccc(F)cc2)n1. The van der Waals surface area contributed by atoms with Gasteiger partial charge in [0.15, 0.2) is 6.29 Å². The molecule has 3 rings (SSSR count). The number of carbonyl (C=O) groups excluding carboxylic acids is 1. The molecule has 0 aliphatic carbocycles. The summed E-state index contributed by atoms with van der Waals surface area (Å²) in [5.74, 6) is 0.738. The highest BCUT2D eigenvalue weighted by molar-refractivity contribution is 6.30. The highest BCUT2D eigenvalue weighted by Gasteiger charge is 2.11. The van der Waals surface area contributed by atoms with Gasteiger partial charge in [-0.3, -0.25) is 4.79 Å². The van der Waals surface area contributed by atoms with Crippen LogP contribution in [0.5, 0.6) is 0 Å². The Bertz CT molecular complexity index is 799. The third kappa shape index (κ3) is 3.01. The van der Waals surface area contributed by atoms with Crippen LogP contribution in [0.25, 0.3) is 11.4 Å². The topological polar surface area (TPSA) is 60.7 Å². The minimum Gasteiger partial charge on any atom is -0.323 e. The van der Waals surface area contributed by atoms with E-state index in [1.807, 2.05) is 0 Å². The van der Waals surface area contributed by atoms with Crippen molar-refractivity contribution in [2.75, 3.05) is 0 Å². The van der Waals surface area contributed by atoms with Crippen LogP contribution in [-0.4, -0.2) is 25.8 Å². The third-order valence-electron chi connectivity index (χ3n) is 3.00. The number of nitrogens with zero attached hydrogens (tertiary/aromatic N) is 4. The van der Waals surface area contributed by atoms with Gasteiger partial charge in [0.25, 0.3) is 0 Å². The van der Waals surface area contributed by atoms with Gasteiger partial charge in [0.2, 0.25) is 0 Å². The molecule has 0 aliphatic rings. The number of imidazole rings is 1. The first-order valence-corrected chi connectivity index (χ1v) is 6.78. The molecule has 7 heteroatoms. The predicted octanol–water partition coefficient (Wildman–Crippen LogP) is 2.99. The number of halogens is 2. The maximum Gasteiger partial charge on any atom is 0.170 e. The van der Waals surface area contributed by atoms with Crippen LogP contribution >= 0.6 is 11.6 Å². The van der Waals surface area contributed by atoms with Gasteiger partial charge in [-0.1, -0.05) is 11.6 Å². The van der Waals surface area contributed by atoms with Crippen molar-refractivity contribution in [2.45, 2.75) is 6.54 Å². The first-order valence-electron chi connectivity index (χ1n) is 6.40. The monoisotopic (exact) mass is 316 g/mol. The first-order chi connectivity index (χ1) is 10.7. The summed E-state index contributed by atoms with van der Waals surface area (Å²) in [5.41, 5.74) is 0.983. The molecule has 3 aromatic rings.